The third-order valence-corrected chi connectivity index (χ3v) is 4.29. The third kappa shape index (κ3) is 4.96. The van der Waals surface area contributed by atoms with E-state index in [0.29, 0.717) is 17.1 Å². The molecule has 0 fully saturated rings. The summed E-state index contributed by atoms with van der Waals surface area (Å²) in [7, 11) is 4.28. The summed E-state index contributed by atoms with van der Waals surface area (Å²) in [4.78, 5) is 35.3. The van der Waals surface area contributed by atoms with Crippen LogP contribution < -0.4 is 19.5 Å². The Hall–Kier alpha value is -3.82. The summed E-state index contributed by atoms with van der Waals surface area (Å²) in [6.07, 6.45) is -1.19. The van der Waals surface area contributed by atoms with Crippen molar-refractivity contribution in [2.45, 2.75) is 20.0 Å². The van der Waals surface area contributed by atoms with Crippen molar-refractivity contribution < 1.29 is 33.5 Å². The van der Waals surface area contributed by atoms with Crippen LogP contribution in [0.1, 0.15) is 22.8 Å². The average molecular weight is 418 g/mol. The smallest absolute Gasteiger partial charge is 0.339 e. The summed E-state index contributed by atoms with van der Waals surface area (Å²) in [6, 6.07) is 6.72. The summed E-state index contributed by atoms with van der Waals surface area (Å²) in [5.74, 6) is -0.367. The lowest BCUT2D eigenvalue weighted by Gasteiger charge is -2.16. The van der Waals surface area contributed by atoms with E-state index >= 15 is 0 Å². The lowest BCUT2D eigenvalue weighted by atomic mass is 10.1. The van der Waals surface area contributed by atoms with Crippen LogP contribution in [0.4, 0.5) is 11.4 Å². The Bertz CT molecular complexity index is 948. The van der Waals surface area contributed by atoms with Crippen molar-refractivity contribution in [3.63, 3.8) is 0 Å². The number of anilines is 1. The first-order valence-corrected chi connectivity index (χ1v) is 8.78. The lowest BCUT2D eigenvalue weighted by molar-refractivity contribution is -0.384. The van der Waals surface area contributed by atoms with Gasteiger partial charge in [0.25, 0.3) is 11.6 Å². The van der Waals surface area contributed by atoms with E-state index in [1.165, 1.54) is 52.5 Å². The second-order valence-electron chi connectivity index (χ2n) is 6.18. The monoisotopic (exact) mass is 418 g/mol. The number of ether oxygens (including phenoxy) is 4. The molecule has 0 aromatic heterocycles. The highest BCUT2D eigenvalue weighted by Crippen LogP contribution is 2.31. The Morgan fingerprint density at radius 2 is 1.57 bits per heavy atom. The van der Waals surface area contributed by atoms with Gasteiger partial charge in [-0.15, -0.1) is 0 Å². The Morgan fingerprint density at radius 1 is 1.00 bits per heavy atom. The largest absolute Gasteiger partial charge is 0.496 e. The van der Waals surface area contributed by atoms with E-state index in [1.807, 2.05) is 0 Å². The number of non-ortho nitro benzene ring substituents is 1. The molecule has 10 heteroatoms. The molecule has 160 valence electrons. The van der Waals surface area contributed by atoms with Crippen LogP contribution in [0.25, 0.3) is 0 Å². The molecule has 0 heterocycles. The van der Waals surface area contributed by atoms with Gasteiger partial charge in [0.05, 0.1) is 37.5 Å². The van der Waals surface area contributed by atoms with Crippen LogP contribution in [-0.2, 0) is 9.53 Å². The molecule has 0 radical (unpaired) electrons. The van der Waals surface area contributed by atoms with Crippen LogP contribution in [0.5, 0.6) is 17.2 Å². The van der Waals surface area contributed by atoms with Gasteiger partial charge in [-0.2, -0.15) is 0 Å². The molecule has 1 atom stereocenters. The normalized spacial score (nSPS) is 11.2. The fourth-order valence-electron chi connectivity index (χ4n) is 2.63. The molecule has 10 nitrogen and oxygen atoms in total. The standard InChI is InChI=1S/C20H22N2O8/c1-11-17(28-4)8-13(9-18(11)29-5)20(24)30-12(2)19(23)21-15-10-14(22(25)26)6-7-16(15)27-3/h6-10,12H,1-5H3,(H,21,23)/t12-/m1/s1. The summed E-state index contributed by atoms with van der Waals surface area (Å²) >= 11 is 0. The summed E-state index contributed by atoms with van der Waals surface area (Å²) < 4.78 is 20.8. The highest BCUT2D eigenvalue weighted by Gasteiger charge is 2.23. The Morgan fingerprint density at radius 3 is 2.07 bits per heavy atom. The number of carbonyl (C=O) groups excluding carboxylic acids is 2. The predicted molar refractivity (Wildman–Crippen MR) is 107 cm³/mol. The molecule has 0 saturated carbocycles. The van der Waals surface area contributed by atoms with E-state index in [4.69, 9.17) is 18.9 Å². The van der Waals surface area contributed by atoms with Crippen molar-refractivity contribution in [3.05, 3.63) is 51.6 Å². The second-order valence-corrected chi connectivity index (χ2v) is 6.18. The van der Waals surface area contributed by atoms with Crippen molar-refractivity contribution in [1.82, 2.24) is 0 Å². The number of hydrogen-bond acceptors (Lipinski definition) is 8. The number of esters is 1. The molecule has 2 aromatic rings. The van der Waals surface area contributed by atoms with Gasteiger partial charge in [-0.1, -0.05) is 0 Å². The van der Waals surface area contributed by atoms with Gasteiger partial charge in [-0.25, -0.2) is 4.79 Å². The first-order chi connectivity index (χ1) is 14.2. The topological polar surface area (TPSA) is 126 Å². The minimum Gasteiger partial charge on any atom is -0.496 e. The molecule has 0 aliphatic rings. The van der Waals surface area contributed by atoms with Gasteiger partial charge in [0.15, 0.2) is 6.10 Å². The fourth-order valence-corrected chi connectivity index (χ4v) is 2.63. The molecule has 0 spiro atoms. The zero-order chi connectivity index (χ0) is 22.4. The molecule has 0 aliphatic carbocycles. The Balaban J connectivity index is 2.17. The van der Waals surface area contributed by atoms with Crippen molar-refractivity contribution in [3.8, 4) is 17.2 Å². The van der Waals surface area contributed by atoms with Gasteiger partial charge in [0.1, 0.15) is 17.2 Å². The maximum atomic E-state index is 12.5. The number of nitrogens with one attached hydrogen (secondary N) is 1. The number of nitrogens with zero attached hydrogens (tertiary/aromatic N) is 1. The number of carbonyl (C=O) groups is 2. The first-order valence-electron chi connectivity index (χ1n) is 8.78. The van der Waals surface area contributed by atoms with Gasteiger partial charge < -0.3 is 24.3 Å². The summed E-state index contributed by atoms with van der Waals surface area (Å²) in [6.45, 7) is 3.15. The van der Waals surface area contributed by atoms with Crippen molar-refractivity contribution in [2.24, 2.45) is 0 Å². The van der Waals surface area contributed by atoms with E-state index in [-0.39, 0.29) is 22.7 Å². The molecule has 0 aliphatic heterocycles. The molecule has 2 aromatic carbocycles. The summed E-state index contributed by atoms with van der Waals surface area (Å²) in [5.41, 5.74) is 0.704. The quantitative estimate of drug-likeness (QED) is 0.394. The molecule has 0 bridgehead atoms. The number of benzene rings is 2. The summed E-state index contributed by atoms with van der Waals surface area (Å²) in [5, 5.41) is 13.4. The van der Waals surface area contributed by atoms with Crippen LogP contribution in [0.15, 0.2) is 30.3 Å². The van der Waals surface area contributed by atoms with Crippen LogP contribution in [0.2, 0.25) is 0 Å². The molecule has 2 rings (SSSR count). The molecule has 30 heavy (non-hydrogen) atoms. The van der Waals surface area contributed by atoms with Crippen molar-refractivity contribution in [1.29, 1.82) is 0 Å². The van der Waals surface area contributed by atoms with Gasteiger partial charge in [-0.05, 0) is 32.0 Å². The van der Waals surface area contributed by atoms with Gasteiger partial charge in [-0.3, -0.25) is 14.9 Å². The van der Waals surface area contributed by atoms with Gasteiger partial charge >= 0.3 is 5.97 Å². The zero-order valence-electron chi connectivity index (χ0n) is 17.2. The minimum absolute atomic E-state index is 0.0817. The van der Waals surface area contributed by atoms with Gasteiger partial charge in [0, 0.05) is 17.7 Å². The maximum Gasteiger partial charge on any atom is 0.339 e. The second kappa shape index (κ2) is 9.59. The van der Waals surface area contributed by atoms with E-state index in [9.17, 15) is 19.7 Å². The zero-order valence-corrected chi connectivity index (χ0v) is 17.2. The first kappa shape index (κ1) is 22.5. The lowest BCUT2D eigenvalue weighted by Crippen LogP contribution is -2.30. The Labute approximate surface area is 172 Å². The average Bonchev–Trinajstić information content (AvgIpc) is 2.73. The van der Waals surface area contributed by atoms with Crippen LogP contribution in [-0.4, -0.2) is 44.2 Å². The van der Waals surface area contributed by atoms with Crippen LogP contribution >= 0.6 is 0 Å². The minimum atomic E-state index is -1.19. The van der Waals surface area contributed by atoms with E-state index < -0.39 is 22.9 Å². The van der Waals surface area contributed by atoms with E-state index in [1.54, 1.807) is 6.92 Å². The predicted octanol–water partition coefficient (Wildman–Crippen LogP) is 3.11. The number of amides is 1. The highest BCUT2D eigenvalue weighted by atomic mass is 16.6. The molecule has 0 saturated heterocycles. The molecular weight excluding hydrogens is 396 g/mol. The fraction of sp³-hybridized carbons (Fsp3) is 0.300. The van der Waals surface area contributed by atoms with E-state index in [2.05, 4.69) is 5.32 Å². The number of nitro benzene ring substituents is 1. The SMILES string of the molecule is COc1ccc([N+](=O)[O-])cc1NC(=O)[C@@H](C)OC(=O)c1cc(OC)c(C)c(OC)c1. The Kier molecular flexibility index (Phi) is 7.18. The van der Waals surface area contributed by atoms with E-state index in [0.717, 1.165) is 6.07 Å². The highest BCUT2D eigenvalue weighted by molar-refractivity contribution is 5.98. The van der Waals surface area contributed by atoms with Crippen LogP contribution in [0, 0.1) is 17.0 Å². The van der Waals surface area contributed by atoms with Crippen molar-refractivity contribution in [2.75, 3.05) is 26.6 Å². The molecule has 1 amide bonds. The number of nitro groups is 1. The number of hydrogen-bond donors (Lipinski definition) is 1. The molecule has 0 unspecified atom stereocenters. The number of methoxy groups -OCH3 is 3. The van der Waals surface area contributed by atoms with Crippen LogP contribution in [0.3, 0.4) is 0 Å². The van der Waals surface area contributed by atoms with Gasteiger partial charge in [0.2, 0.25) is 0 Å². The molecular formula is C20H22N2O8. The molecule has 1 N–H and O–H groups in total. The number of rotatable bonds is 8. The van der Waals surface area contributed by atoms with Crippen molar-refractivity contribution >= 4 is 23.3 Å². The third-order valence-electron chi connectivity index (χ3n) is 4.29. The maximum absolute atomic E-state index is 12.5.